The Kier molecular flexibility index (Phi) is 8.26. The molecule has 1 fully saturated rings. The summed E-state index contributed by atoms with van der Waals surface area (Å²) in [5, 5.41) is 3.76. The summed E-state index contributed by atoms with van der Waals surface area (Å²) in [6.07, 6.45) is 6.94. The van der Waals surface area contributed by atoms with Crippen LogP contribution in [0.3, 0.4) is 0 Å². The Morgan fingerprint density at radius 3 is 2.33 bits per heavy atom. The Morgan fingerprint density at radius 2 is 1.81 bits per heavy atom. The highest BCUT2D eigenvalue weighted by molar-refractivity contribution is 4.89. The maximum absolute atomic E-state index is 3.76. The molecule has 1 aliphatic rings. The van der Waals surface area contributed by atoms with E-state index >= 15 is 0 Å². The number of nitrogens with zero attached hydrogens (tertiary/aromatic N) is 1. The maximum Gasteiger partial charge on any atom is 0.00472 e. The third-order valence-corrected chi connectivity index (χ3v) is 5.31. The van der Waals surface area contributed by atoms with Crippen molar-refractivity contribution in [3.63, 3.8) is 0 Å². The Balaban J connectivity index is 2.55. The Labute approximate surface area is 134 Å². The van der Waals surface area contributed by atoms with Crippen LogP contribution in [0.1, 0.15) is 66.7 Å². The monoisotopic (exact) mass is 296 g/mol. The van der Waals surface area contributed by atoms with Crippen molar-refractivity contribution in [1.29, 1.82) is 0 Å². The van der Waals surface area contributed by atoms with Crippen LogP contribution in [0.5, 0.6) is 0 Å². The lowest BCUT2D eigenvalue weighted by molar-refractivity contribution is 0.0915. The molecule has 1 aliphatic carbocycles. The maximum atomic E-state index is 3.76. The molecule has 1 saturated carbocycles. The summed E-state index contributed by atoms with van der Waals surface area (Å²) in [5.74, 6) is 2.50. The molecular weight excluding hydrogens is 256 g/mol. The van der Waals surface area contributed by atoms with Crippen LogP contribution in [0.2, 0.25) is 0 Å². The number of nitrogens with one attached hydrogen (secondary N) is 1. The molecule has 0 aromatic rings. The van der Waals surface area contributed by atoms with Gasteiger partial charge < -0.3 is 10.2 Å². The molecule has 2 nitrogen and oxygen atoms in total. The molecule has 2 heteroatoms. The summed E-state index contributed by atoms with van der Waals surface area (Å²) in [6, 6.07) is 0. The van der Waals surface area contributed by atoms with Crippen LogP contribution in [0.15, 0.2) is 0 Å². The summed E-state index contributed by atoms with van der Waals surface area (Å²) in [6.45, 7) is 16.6. The van der Waals surface area contributed by atoms with Gasteiger partial charge in [-0.25, -0.2) is 0 Å². The molecule has 21 heavy (non-hydrogen) atoms. The second-order valence-electron chi connectivity index (χ2n) is 8.42. The van der Waals surface area contributed by atoms with Crippen LogP contribution in [0, 0.1) is 23.2 Å². The van der Waals surface area contributed by atoms with Crippen LogP contribution in [0.25, 0.3) is 0 Å². The molecule has 0 aliphatic heterocycles. The SMILES string of the molecule is CCC(C)CN(C)CC1(CNCC(C)C)CCC(C)CC1. The molecule has 1 atom stereocenters. The van der Waals surface area contributed by atoms with Gasteiger partial charge in [-0.3, -0.25) is 0 Å². The summed E-state index contributed by atoms with van der Waals surface area (Å²) in [7, 11) is 2.33. The highest BCUT2D eigenvalue weighted by atomic mass is 15.1. The van der Waals surface area contributed by atoms with E-state index < -0.39 is 0 Å². The van der Waals surface area contributed by atoms with E-state index in [-0.39, 0.29) is 0 Å². The van der Waals surface area contributed by atoms with Gasteiger partial charge in [0.25, 0.3) is 0 Å². The lowest BCUT2D eigenvalue weighted by Gasteiger charge is -2.43. The van der Waals surface area contributed by atoms with Gasteiger partial charge >= 0.3 is 0 Å². The van der Waals surface area contributed by atoms with Crippen molar-refractivity contribution in [3.8, 4) is 0 Å². The van der Waals surface area contributed by atoms with Crippen LogP contribution in [-0.4, -0.2) is 38.1 Å². The quantitative estimate of drug-likeness (QED) is 0.678. The molecule has 0 radical (unpaired) electrons. The molecule has 126 valence electrons. The average molecular weight is 297 g/mol. The van der Waals surface area contributed by atoms with Crippen molar-refractivity contribution < 1.29 is 0 Å². The molecule has 0 saturated heterocycles. The first-order valence-electron chi connectivity index (χ1n) is 9.26. The molecule has 0 bridgehead atoms. The van der Waals surface area contributed by atoms with E-state index in [0.717, 1.165) is 24.3 Å². The summed E-state index contributed by atoms with van der Waals surface area (Å²) >= 11 is 0. The fourth-order valence-corrected chi connectivity index (χ4v) is 3.69. The molecule has 1 N–H and O–H groups in total. The minimum atomic E-state index is 0.517. The predicted octanol–water partition coefficient (Wildman–Crippen LogP) is 4.41. The molecule has 0 aromatic carbocycles. The first kappa shape index (κ1) is 19.0. The van der Waals surface area contributed by atoms with Gasteiger partial charge in [0.05, 0.1) is 0 Å². The van der Waals surface area contributed by atoms with Crippen molar-refractivity contribution in [2.45, 2.75) is 66.7 Å². The minimum absolute atomic E-state index is 0.517. The van der Waals surface area contributed by atoms with Gasteiger partial charge in [-0.1, -0.05) is 53.9 Å². The zero-order chi connectivity index (χ0) is 15.9. The molecule has 0 amide bonds. The molecular formula is C19H40N2. The Morgan fingerprint density at radius 1 is 1.19 bits per heavy atom. The van der Waals surface area contributed by atoms with Gasteiger partial charge in [-0.05, 0) is 49.6 Å². The lowest BCUT2D eigenvalue weighted by Crippen LogP contribution is -2.46. The summed E-state index contributed by atoms with van der Waals surface area (Å²) < 4.78 is 0. The zero-order valence-corrected chi connectivity index (χ0v) is 15.5. The average Bonchev–Trinajstić information content (AvgIpc) is 2.41. The zero-order valence-electron chi connectivity index (χ0n) is 15.5. The smallest absolute Gasteiger partial charge is 0.00472 e. The fourth-order valence-electron chi connectivity index (χ4n) is 3.69. The lowest BCUT2D eigenvalue weighted by atomic mass is 9.70. The summed E-state index contributed by atoms with van der Waals surface area (Å²) in [5.41, 5.74) is 0.517. The second kappa shape index (κ2) is 9.15. The third kappa shape index (κ3) is 7.15. The molecule has 0 spiro atoms. The van der Waals surface area contributed by atoms with Crippen molar-refractivity contribution in [2.24, 2.45) is 23.2 Å². The largest absolute Gasteiger partial charge is 0.316 e. The molecule has 0 aromatic heterocycles. The second-order valence-corrected chi connectivity index (χ2v) is 8.42. The highest BCUT2D eigenvalue weighted by Crippen LogP contribution is 2.39. The van der Waals surface area contributed by atoms with Crippen molar-refractivity contribution in [2.75, 3.05) is 33.2 Å². The van der Waals surface area contributed by atoms with Crippen LogP contribution >= 0.6 is 0 Å². The minimum Gasteiger partial charge on any atom is -0.316 e. The van der Waals surface area contributed by atoms with Crippen LogP contribution in [-0.2, 0) is 0 Å². The van der Waals surface area contributed by atoms with Gasteiger partial charge in [0, 0.05) is 19.6 Å². The van der Waals surface area contributed by atoms with E-state index in [1.807, 2.05) is 0 Å². The van der Waals surface area contributed by atoms with E-state index in [1.54, 1.807) is 0 Å². The molecule has 1 unspecified atom stereocenters. The topological polar surface area (TPSA) is 15.3 Å². The predicted molar refractivity (Wildman–Crippen MR) is 94.7 cm³/mol. The van der Waals surface area contributed by atoms with Gasteiger partial charge in [-0.15, -0.1) is 0 Å². The fraction of sp³-hybridized carbons (Fsp3) is 1.00. The highest BCUT2D eigenvalue weighted by Gasteiger charge is 2.34. The number of hydrogen-bond acceptors (Lipinski definition) is 2. The normalized spacial score (nSPS) is 28.3. The molecule has 0 heterocycles. The van der Waals surface area contributed by atoms with E-state index in [0.29, 0.717) is 5.41 Å². The molecule has 1 rings (SSSR count). The Hall–Kier alpha value is -0.0800. The first-order valence-corrected chi connectivity index (χ1v) is 9.26. The van der Waals surface area contributed by atoms with Crippen LogP contribution < -0.4 is 5.32 Å². The third-order valence-electron chi connectivity index (χ3n) is 5.31. The van der Waals surface area contributed by atoms with E-state index in [1.165, 1.54) is 51.7 Å². The van der Waals surface area contributed by atoms with Gasteiger partial charge in [-0.2, -0.15) is 0 Å². The van der Waals surface area contributed by atoms with Crippen molar-refractivity contribution >= 4 is 0 Å². The first-order chi connectivity index (χ1) is 9.87. The van der Waals surface area contributed by atoms with E-state index in [9.17, 15) is 0 Å². The Bertz CT molecular complexity index is 267. The number of hydrogen-bond donors (Lipinski definition) is 1. The standard InChI is InChI=1S/C19H40N2/c1-7-17(4)13-21(6)15-19(14-20-12-16(2)3)10-8-18(5)9-11-19/h16-18,20H,7-15H2,1-6H3. The van der Waals surface area contributed by atoms with Gasteiger partial charge in [0.2, 0.25) is 0 Å². The van der Waals surface area contributed by atoms with Crippen LogP contribution in [0.4, 0.5) is 0 Å². The van der Waals surface area contributed by atoms with Gasteiger partial charge in [0.15, 0.2) is 0 Å². The van der Waals surface area contributed by atoms with Crippen molar-refractivity contribution in [3.05, 3.63) is 0 Å². The van der Waals surface area contributed by atoms with Crippen molar-refractivity contribution in [1.82, 2.24) is 10.2 Å². The van der Waals surface area contributed by atoms with Gasteiger partial charge in [0.1, 0.15) is 0 Å². The number of rotatable bonds is 9. The van der Waals surface area contributed by atoms with E-state index in [4.69, 9.17) is 0 Å². The van der Waals surface area contributed by atoms with E-state index in [2.05, 4.69) is 51.9 Å². The summed E-state index contributed by atoms with van der Waals surface area (Å²) in [4.78, 5) is 2.60.